The quantitative estimate of drug-likeness (QED) is 0.844. The molecule has 1 aliphatic rings. The van der Waals surface area contributed by atoms with Crippen LogP contribution in [0.1, 0.15) is 29.2 Å². The zero-order chi connectivity index (χ0) is 13.3. The molecule has 0 saturated carbocycles. The number of aliphatic hydroxyl groups excluding tert-OH is 1. The Balaban J connectivity index is 2.46. The predicted octanol–water partition coefficient (Wildman–Crippen LogP) is 1.29. The molecule has 0 aromatic heterocycles. The molecule has 1 atom stereocenters. The number of nitrogens with zero attached hydrogens (tertiary/aromatic N) is 1. The Kier molecular flexibility index (Phi) is 3.68. The third kappa shape index (κ3) is 2.02. The molecule has 18 heavy (non-hydrogen) atoms. The van der Waals surface area contributed by atoms with Crippen LogP contribution in [-0.4, -0.2) is 31.2 Å². The summed E-state index contributed by atoms with van der Waals surface area (Å²) < 4.78 is 0. The number of hydrogen-bond donors (Lipinski definition) is 2. The maximum absolute atomic E-state index is 12.3. The zero-order valence-corrected chi connectivity index (χ0v) is 11.2. The van der Waals surface area contributed by atoms with Crippen LogP contribution in [0, 0.1) is 13.8 Å². The standard InChI is InChI=1S/C14H20N2O2/c1-9-7-10(2)13-11(8-9)12(15-3)14(18)16(13)5-4-6-17/h7-8,12,15,17H,4-6H2,1-3H3. The van der Waals surface area contributed by atoms with E-state index in [1.807, 2.05) is 13.8 Å². The number of carbonyl (C=O) groups excluding carboxylic acids is 1. The van der Waals surface area contributed by atoms with Gasteiger partial charge in [0.15, 0.2) is 0 Å². The Morgan fingerprint density at radius 3 is 2.72 bits per heavy atom. The van der Waals surface area contributed by atoms with E-state index >= 15 is 0 Å². The second kappa shape index (κ2) is 5.08. The van der Waals surface area contributed by atoms with E-state index in [1.54, 1.807) is 11.9 Å². The number of benzene rings is 1. The number of aryl methyl sites for hydroxylation is 2. The van der Waals surface area contributed by atoms with Crippen LogP contribution in [0.15, 0.2) is 12.1 Å². The molecule has 98 valence electrons. The summed E-state index contributed by atoms with van der Waals surface area (Å²) in [5.74, 6) is 0.0784. The smallest absolute Gasteiger partial charge is 0.248 e. The highest BCUT2D eigenvalue weighted by Crippen LogP contribution is 2.39. The van der Waals surface area contributed by atoms with Crippen molar-refractivity contribution in [1.29, 1.82) is 0 Å². The first kappa shape index (κ1) is 13.1. The monoisotopic (exact) mass is 248 g/mol. The van der Waals surface area contributed by atoms with E-state index in [1.165, 1.54) is 5.56 Å². The second-order valence-electron chi connectivity index (χ2n) is 4.81. The summed E-state index contributed by atoms with van der Waals surface area (Å²) in [6.45, 7) is 4.75. The maximum Gasteiger partial charge on any atom is 0.248 e. The van der Waals surface area contributed by atoms with Crippen molar-refractivity contribution < 1.29 is 9.90 Å². The number of aliphatic hydroxyl groups is 1. The average Bonchev–Trinajstić information content (AvgIpc) is 2.58. The van der Waals surface area contributed by atoms with E-state index in [0.29, 0.717) is 13.0 Å². The molecule has 1 aromatic carbocycles. The first-order valence-corrected chi connectivity index (χ1v) is 6.30. The molecule has 0 fully saturated rings. The molecule has 4 nitrogen and oxygen atoms in total. The number of anilines is 1. The van der Waals surface area contributed by atoms with Gasteiger partial charge in [-0.05, 0) is 32.9 Å². The van der Waals surface area contributed by atoms with E-state index in [4.69, 9.17) is 5.11 Å². The molecule has 0 radical (unpaired) electrons. The third-order valence-corrected chi connectivity index (χ3v) is 3.40. The topological polar surface area (TPSA) is 52.6 Å². The van der Waals surface area contributed by atoms with Crippen molar-refractivity contribution in [2.45, 2.75) is 26.3 Å². The van der Waals surface area contributed by atoms with Crippen LogP contribution in [0.25, 0.3) is 0 Å². The largest absolute Gasteiger partial charge is 0.396 e. The van der Waals surface area contributed by atoms with Gasteiger partial charge in [-0.3, -0.25) is 4.79 Å². The van der Waals surface area contributed by atoms with Gasteiger partial charge in [-0.2, -0.15) is 0 Å². The van der Waals surface area contributed by atoms with Gasteiger partial charge in [0.05, 0.1) is 5.69 Å². The van der Waals surface area contributed by atoms with E-state index in [0.717, 1.165) is 16.8 Å². The maximum atomic E-state index is 12.3. The van der Waals surface area contributed by atoms with Gasteiger partial charge in [0.2, 0.25) is 5.91 Å². The highest BCUT2D eigenvalue weighted by Gasteiger charge is 2.36. The van der Waals surface area contributed by atoms with Gasteiger partial charge in [0, 0.05) is 18.7 Å². The molecule has 2 N–H and O–H groups in total. The molecule has 1 aliphatic heterocycles. The lowest BCUT2D eigenvalue weighted by Crippen LogP contribution is -2.34. The van der Waals surface area contributed by atoms with Gasteiger partial charge < -0.3 is 15.3 Å². The van der Waals surface area contributed by atoms with Crippen molar-refractivity contribution in [1.82, 2.24) is 5.32 Å². The number of hydrogen-bond acceptors (Lipinski definition) is 3. The van der Waals surface area contributed by atoms with E-state index in [2.05, 4.69) is 17.4 Å². The number of nitrogens with one attached hydrogen (secondary N) is 1. The fourth-order valence-electron chi connectivity index (χ4n) is 2.71. The number of carbonyl (C=O) groups is 1. The van der Waals surface area contributed by atoms with E-state index in [-0.39, 0.29) is 18.6 Å². The fraction of sp³-hybridized carbons (Fsp3) is 0.500. The van der Waals surface area contributed by atoms with Gasteiger partial charge in [-0.15, -0.1) is 0 Å². The summed E-state index contributed by atoms with van der Waals surface area (Å²) in [6, 6.07) is 3.91. The van der Waals surface area contributed by atoms with Crippen molar-refractivity contribution in [3.63, 3.8) is 0 Å². The first-order chi connectivity index (χ1) is 8.60. The fourth-order valence-corrected chi connectivity index (χ4v) is 2.71. The minimum atomic E-state index is -0.253. The molecule has 0 bridgehead atoms. The van der Waals surface area contributed by atoms with Crippen molar-refractivity contribution >= 4 is 11.6 Å². The Hall–Kier alpha value is -1.39. The summed E-state index contributed by atoms with van der Waals surface area (Å²) in [7, 11) is 1.81. The van der Waals surface area contributed by atoms with Crippen LogP contribution < -0.4 is 10.2 Å². The zero-order valence-electron chi connectivity index (χ0n) is 11.2. The molecule has 1 unspecified atom stereocenters. The molecule has 1 amide bonds. The van der Waals surface area contributed by atoms with Gasteiger partial charge in [0.1, 0.15) is 6.04 Å². The summed E-state index contributed by atoms with van der Waals surface area (Å²) in [5.41, 5.74) is 4.36. The van der Waals surface area contributed by atoms with Crippen LogP contribution in [0.5, 0.6) is 0 Å². The Morgan fingerprint density at radius 2 is 2.11 bits per heavy atom. The number of rotatable bonds is 4. The number of fused-ring (bicyclic) bond motifs is 1. The van der Waals surface area contributed by atoms with Crippen LogP contribution in [0.2, 0.25) is 0 Å². The SMILES string of the molecule is CNC1C(=O)N(CCCO)c2c(C)cc(C)cc21. The molecule has 0 saturated heterocycles. The summed E-state index contributed by atoms with van der Waals surface area (Å²) in [6.07, 6.45) is 0.606. The van der Waals surface area contributed by atoms with Crippen LogP contribution in [-0.2, 0) is 4.79 Å². The van der Waals surface area contributed by atoms with Crippen molar-refractivity contribution in [3.8, 4) is 0 Å². The predicted molar refractivity (Wildman–Crippen MR) is 71.8 cm³/mol. The van der Waals surface area contributed by atoms with Gasteiger partial charge >= 0.3 is 0 Å². The van der Waals surface area contributed by atoms with Gasteiger partial charge in [-0.25, -0.2) is 0 Å². The minimum Gasteiger partial charge on any atom is -0.396 e. The molecule has 1 aromatic rings. The normalized spacial score (nSPS) is 18.3. The van der Waals surface area contributed by atoms with E-state index in [9.17, 15) is 4.79 Å². The van der Waals surface area contributed by atoms with Crippen molar-refractivity contribution in [3.05, 3.63) is 28.8 Å². The molecule has 1 heterocycles. The van der Waals surface area contributed by atoms with Gasteiger partial charge in [-0.1, -0.05) is 17.7 Å². The Morgan fingerprint density at radius 1 is 1.39 bits per heavy atom. The molecule has 4 heteroatoms. The Labute approximate surface area is 108 Å². The summed E-state index contributed by atoms with van der Waals surface area (Å²) in [5, 5.41) is 12.0. The summed E-state index contributed by atoms with van der Waals surface area (Å²) in [4.78, 5) is 14.1. The second-order valence-corrected chi connectivity index (χ2v) is 4.81. The molecule has 2 rings (SSSR count). The lowest BCUT2D eigenvalue weighted by atomic mass is 10.0. The van der Waals surface area contributed by atoms with Gasteiger partial charge in [0.25, 0.3) is 0 Å². The summed E-state index contributed by atoms with van der Waals surface area (Å²) >= 11 is 0. The van der Waals surface area contributed by atoms with Crippen LogP contribution >= 0.6 is 0 Å². The molecular formula is C14H20N2O2. The molecule has 0 aliphatic carbocycles. The highest BCUT2D eigenvalue weighted by molar-refractivity contribution is 6.05. The highest BCUT2D eigenvalue weighted by atomic mass is 16.3. The lowest BCUT2D eigenvalue weighted by molar-refractivity contribution is -0.119. The van der Waals surface area contributed by atoms with Crippen molar-refractivity contribution in [2.75, 3.05) is 25.1 Å². The minimum absolute atomic E-state index is 0.0784. The first-order valence-electron chi connectivity index (χ1n) is 6.30. The van der Waals surface area contributed by atoms with Crippen molar-refractivity contribution in [2.24, 2.45) is 0 Å². The van der Waals surface area contributed by atoms with Crippen LogP contribution in [0.4, 0.5) is 5.69 Å². The van der Waals surface area contributed by atoms with Crippen LogP contribution in [0.3, 0.4) is 0 Å². The molecular weight excluding hydrogens is 228 g/mol. The molecule has 0 spiro atoms. The lowest BCUT2D eigenvalue weighted by Gasteiger charge is -2.19. The third-order valence-electron chi connectivity index (χ3n) is 3.40. The Bertz CT molecular complexity index is 471. The number of likely N-dealkylation sites (N-methyl/N-ethyl adjacent to an activating group) is 1. The number of amides is 1. The average molecular weight is 248 g/mol. The van der Waals surface area contributed by atoms with E-state index < -0.39 is 0 Å².